The molecule has 1 fully saturated rings. The summed E-state index contributed by atoms with van der Waals surface area (Å²) in [5.41, 5.74) is 2.58. The van der Waals surface area contributed by atoms with Crippen molar-refractivity contribution in [3.05, 3.63) is 48.2 Å². The van der Waals surface area contributed by atoms with Gasteiger partial charge in [-0.1, -0.05) is 13.8 Å². The van der Waals surface area contributed by atoms with E-state index in [9.17, 15) is 4.79 Å². The Balaban J connectivity index is 1.54. The van der Waals surface area contributed by atoms with Crippen LogP contribution in [-0.4, -0.2) is 30.5 Å². The highest BCUT2D eigenvalue weighted by molar-refractivity contribution is 6.04. The molecule has 5 nitrogen and oxygen atoms in total. The summed E-state index contributed by atoms with van der Waals surface area (Å²) in [5, 5.41) is 6.21. The zero-order chi connectivity index (χ0) is 18.4. The molecule has 2 heterocycles. The maximum Gasteiger partial charge on any atom is 0.257 e. The second-order valence-electron chi connectivity index (χ2n) is 7.24. The van der Waals surface area contributed by atoms with Gasteiger partial charge in [-0.3, -0.25) is 4.79 Å². The molecule has 26 heavy (non-hydrogen) atoms. The Labute approximate surface area is 155 Å². The molecule has 1 aliphatic rings. The van der Waals surface area contributed by atoms with E-state index in [0.29, 0.717) is 11.5 Å². The molecule has 1 aromatic carbocycles. The molecule has 0 atom stereocenters. The fraction of sp³-hybridized carbons (Fsp3) is 0.429. The van der Waals surface area contributed by atoms with E-state index >= 15 is 0 Å². The van der Waals surface area contributed by atoms with Crippen LogP contribution in [0.4, 0.5) is 17.2 Å². The summed E-state index contributed by atoms with van der Waals surface area (Å²) >= 11 is 0. The molecule has 0 spiro atoms. The molecule has 1 aliphatic heterocycles. The van der Waals surface area contributed by atoms with Crippen molar-refractivity contribution < 1.29 is 4.79 Å². The number of anilines is 3. The van der Waals surface area contributed by atoms with E-state index in [4.69, 9.17) is 0 Å². The maximum atomic E-state index is 12.4. The summed E-state index contributed by atoms with van der Waals surface area (Å²) in [6.07, 6.45) is 5.23. The Bertz CT molecular complexity index is 704. The first-order valence-corrected chi connectivity index (χ1v) is 9.48. The molecule has 3 rings (SSSR count). The van der Waals surface area contributed by atoms with E-state index in [1.807, 2.05) is 18.2 Å². The number of pyridine rings is 1. The van der Waals surface area contributed by atoms with Crippen molar-refractivity contribution in [1.29, 1.82) is 0 Å². The van der Waals surface area contributed by atoms with Gasteiger partial charge < -0.3 is 15.5 Å². The zero-order valence-electron chi connectivity index (χ0n) is 15.7. The Morgan fingerprint density at radius 3 is 2.46 bits per heavy atom. The lowest BCUT2D eigenvalue weighted by Crippen LogP contribution is -2.17. The van der Waals surface area contributed by atoms with Crippen molar-refractivity contribution in [2.75, 3.05) is 35.2 Å². The second-order valence-corrected chi connectivity index (χ2v) is 7.24. The van der Waals surface area contributed by atoms with Crippen LogP contribution in [0, 0.1) is 5.92 Å². The fourth-order valence-corrected chi connectivity index (χ4v) is 3.06. The molecule has 1 aromatic heterocycles. The van der Waals surface area contributed by atoms with Crippen molar-refractivity contribution in [1.82, 2.24) is 4.98 Å². The van der Waals surface area contributed by atoms with Crippen LogP contribution in [0.5, 0.6) is 0 Å². The average molecular weight is 352 g/mol. The van der Waals surface area contributed by atoms with Crippen LogP contribution in [0.25, 0.3) is 0 Å². The first-order chi connectivity index (χ1) is 12.6. The Morgan fingerprint density at radius 1 is 1.12 bits per heavy atom. The first-order valence-electron chi connectivity index (χ1n) is 9.48. The lowest BCUT2D eigenvalue weighted by atomic mass is 10.1. The number of hydrogen-bond acceptors (Lipinski definition) is 4. The van der Waals surface area contributed by atoms with Gasteiger partial charge in [0.15, 0.2) is 0 Å². The van der Waals surface area contributed by atoms with Gasteiger partial charge >= 0.3 is 0 Å². The largest absolute Gasteiger partial charge is 0.372 e. The van der Waals surface area contributed by atoms with E-state index in [1.165, 1.54) is 18.5 Å². The molecule has 0 aliphatic carbocycles. The van der Waals surface area contributed by atoms with Gasteiger partial charge in [-0.25, -0.2) is 4.98 Å². The molecule has 5 heteroatoms. The van der Waals surface area contributed by atoms with Crippen LogP contribution in [0.15, 0.2) is 42.6 Å². The monoisotopic (exact) mass is 352 g/mol. The minimum absolute atomic E-state index is 0.139. The lowest BCUT2D eigenvalue weighted by molar-refractivity contribution is 0.102. The fourth-order valence-electron chi connectivity index (χ4n) is 3.06. The number of amides is 1. The topological polar surface area (TPSA) is 57.3 Å². The first kappa shape index (κ1) is 18.2. The van der Waals surface area contributed by atoms with Gasteiger partial charge in [-0.15, -0.1) is 0 Å². The van der Waals surface area contributed by atoms with Crippen molar-refractivity contribution in [2.24, 2.45) is 5.92 Å². The third-order valence-corrected chi connectivity index (χ3v) is 4.65. The summed E-state index contributed by atoms with van der Waals surface area (Å²) in [6.45, 7) is 7.52. The predicted octanol–water partition coefficient (Wildman–Crippen LogP) is 4.39. The number of benzene rings is 1. The van der Waals surface area contributed by atoms with E-state index in [1.54, 1.807) is 12.3 Å². The molecule has 0 unspecified atom stereocenters. The van der Waals surface area contributed by atoms with Gasteiger partial charge in [-0.2, -0.15) is 0 Å². The number of aromatic nitrogens is 1. The zero-order valence-corrected chi connectivity index (χ0v) is 15.7. The smallest absolute Gasteiger partial charge is 0.257 e. The van der Waals surface area contributed by atoms with Crippen LogP contribution in [0.3, 0.4) is 0 Å². The Morgan fingerprint density at radius 2 is 1.85 bits per heavy atom. The molecule has 1 saturated heterocycles. The van der Waals surface area contributed by atoms with Crippen LogP contribution in [0.2, 0.25) is 0 Å². The molecule has 1 amide bonds. The molecular weight excluding hydrogens is 324 g/mol. The van der Waals surface area contributed by atoms with Gasteiger partial charge in [0.05, 0.1) is 5.56 Å². The van der Waals surface area contributed by atoms with E-state index in [-0.39, 0.29) is 5.91 Å². The summed E-state index contributed by atoms with van der Waals surface area (Å²) in [5.74, 6) is 1.32. The van der Waals surface area contributed by atoms with Gasteiger partial charge in [0.1, 0.15) is 5.82 Å². The number of rotatable bonds is 7. The van der Waals surface area contributed by atoms with Gasteiger partial charge in [0.25, 0.3) is 5.91 Å². The Hall–Kier alpha value is -2.56. The molecule has 2 N–H and O–H groups in total. The van der Waals surface area contributed by atoms with Crippen molar-refractivity contribution in [3.63, 3.8) is 0 Å². The van der Waals surface area contributed by atoms with Gasteiger partial charge in [0, 0.05) is 37.2 Å². The number of nitrogens with one attached hydrogen (secondary N) is 2. The van der Waals surface area contributed by atoms with Gasteiger partial charge in [-0.05, 0) is 61.6 Å². The molecule has 0 bridgehead atoms. The predicted molar refractivity (Wildman–Crippen MR) is 108 cm³/mol. The normalized spacial score (nSPS) is 13.9. The SMILES string of the molecule is CC(C)CCNc1ccc(C(=O)Nc2ccc(N3CCCC3)cc2)cn1. The highest BCUT2D eigenvalue weighted by Gasteiger charge is 2.12. The quantitative estimate of drug-likeness (QED) is 0.776. The van der Waals surface area contributed by atoms with Crippen molar-refractivity contribution in [3.8, 4) is 0 Å². The summed E-state index contributed by atoms with van der Waals surface area (Å²) in [6, 6.07) is 11.7. The van der Waals surface area contributed by atoms with Crippen LogP contribution >= 0.6 is 0 Å². The van der Waals surface area contributed by atoms with Crippen molar-refractivity contribution >= 4 is 23.1 Å². The third-order valence-electron chi connectivity index (χ3n) is 4.65. The summed E-state index contributed by atoms with van der Waals surface area (Å²) in [4.78, 5) is 19.1. The number of hydrogen-bond donors (Lipinski definition) is 2. The average Bonchev–Trinajstić information content (AvgIpc) is 3.17. The van der Waals surface area contributed by atoms with E-state index in [0.717, 1.165) is 37.6 Å². The van der Waals surface area contributed by atoms with Crippen LogP contribution in [0.1, 0.15) is 43.5 Å². The maximum absolute atomic E-state index is 12.4. The van der Waals surface area contributed by atoms with Gasteiger partial charge in [0.2, 0.25) is 0 Å². The standard InChI is InChI=1S/C21H28N4O/c1-16(2)11-12-22-20-10-5-17(15-23-20)21(26)24-18-6-8-19(9-7-18)25-13-3-4-14-25/h5-10,15-16H,3-4,11-14H2,1-2H3,(H,22,23)(H,24,26). The van der Waals surface area contributed by atoms with Crippen LogP contribution in [-0.2, 0) is 0 Å². The summed E-state index contributed by atoms with van der Waals surface area (Å²) < 4.78 is 0. The minimum atomic E-state index is -0.139. The molecular formula is C21H28N4O. The van der Waals surface area contributed by atoms with Crippen LogP contribution < -0.4 is 15.5 Å². The minimum Gasteiger partial charge on any atom is -0.372 e. The highest BCUT2D eigenvalue weighted by atomic mass is 16.1. The molecule has 138 valence electrons. The van der Waals surface area contributed by atoms with E-state index < -0.39 is 0 Å². The number of carbonyl (C=O) groups excluding carboxylic acids is 1. The summed E-state index contributed by atoms with van der Waals surface area (Å²) in [7, 11) is 0. The lowest BCUT2D eigenvalue weighted by Gasteiger charge is -2.17. The highest BCUT2D eigenvalue weighted by Crippen LogP contribution is 2.22. The molecule has 0 saturated carbocycles. The van der Waals surface area contributed by atoms with Crippen molar-refractivity contribution in [2.45, 2.75) is 33.1 Å². The number of carbonyl (C=O) groups is 1. The Kier molecular flexibility index (Phi) is 6.10. The molecule has 0 radical (unpaired) electrons. The molecule has 2 aromatic rings. The third kappa shape index (κ3) is 4.97. The van der Waals surface area contributed by atoms with E-state index in [2.05, 4.69) is 46.5 Å². The second kappa shape index (κ2) is 8.70. The number of nitrogens with zero attached hydrogens (tertiary/aromatic N) is 2.